The Bertz CT molecular complexity index is 554. The van der Waals surface area contributed by atoms with Gasteiger partial charge in [0.05, 0.1) is 6.34 Å². The Morgan fingerprint density at radius 2 is 2.06 bits per heavy atom. The Morgan fingerprint density at radius 3 is 2.78 bits per heavy atom. The number of carboxylic acids is 1. The third-order valence-electron chi connectivity index (χ3n) is 2.37. The second-order valence-corrected chi connectivity index (χ2v) is 3.61. The molecule has 0 bridgehead atoms. The minimum Gasteiger partial charge on any atom is -0.478 e. The van der Waals surface area contributed by atoms with Crippen LogP contribution in [0.3, 0.4) is 0 Å². The van der Waals surface area contributed by atoms with E-state index in [2.05, 4.69) is 10.3 Å². The van der Waals surface area contributed by atoms with Gasteiger partial charge >= 0.3 is 5.97 Å². The lowest BCUT2D eigenvalue weighted by atomic mass is 10.0. The predicted molar refractivity (Wildman–Crippen MR) is 70.9 cm³/mol. The van der Waals surface area contributed by atoms with Crippen LogP contribution in [-0.2, 0) is 4.79 Å². The first-order chi connectivity index (χ1) is 8.77. The van der Waals surface area contributed by atoms with E-state index in [1.165, 1.54) is 12.4 Å². The fourth-order valence-electron chi connectivity index (χ4n) is 1.61. The number of rotatable bonds is 3. The molecule has 2 rings (SSSR count). The first-order valence-electron chi connectivity index (χ1n) is 5.43. The lowest BCUT2D eigenvalue weighted by molar-refractivity contribution is -0.131. The molecule has 4 nitrogen and oxygen atoms in total. The standard InChI is InChI=1S/C14H12N2O2/c17-14(18)9-12(11-5-2-1-3-6-11)13-7-4-8-15-10-16-13/h1-10H,(H,15,16)(H,17,18). The van der Waals surface area contributed by atoms with Gasteiger partial charge in [0.15, 0.2) is 0 Å². The summed E-state index contributed by atoms with van der Waals surface area (Å²) in [5.74, 6) is -0.985. The van der Waals surface area contributed by atoms with Crippen molar-refractivity contribution in [1.29, 1.82) is 0 Å². The Morgan fingerprint density at radius 1 is 1.28 bits per heavy atom. The van der Waals surface area contributed by atoms with Gasteiger partial charge in [0.1, 0.15) is 0 Å². The van der Waals surface area contributed by atoms with E-state index >= 15 is 0 Å². The van der Waals surface area contributed by atoms with Crippen LogP contribution >= 0.6 is 0 Å². The molecule has 1 aliphatic rings. The van der Waals surface area contributed by atoms with Gasteiger partial charge in [-0.3, -0.25) is 0 Å². The lowest BCUT2D eigenvalue weighted by Gasteiger charge is -2.10. The van der Waals surface area contributed by atoms with Crippen molar-refractivity contribution in [3.63, 3.8) is 0 Å². The monoisotopic (exact) mass is 240 g/mol. The predicted octanol–water partition coefficient (Wildman–Crippen LogP) is 2.18. The van der Waals surface area contributed by atoms with Crippen molar-refractivity contribution in [2.45, 2.75) is 0 Å². The van der Waals surface area contributed by atoms with Gasteiger partial charge in [-0.1, -0.05) is 30.3 Å². The molecule has 90 valence electrons. The van der Waals surface area contributed by atoms with Gasteiger partial charge < -0.3 is 10.4 Å². The quantitative estimate of drug-likeness (QED) is 0.796. The Hall–Kier alpha value is -2.62. The summed E-state index contributed by atoms with van der Waals surface area (Å²) in [6.45, 7) is 0. The summed E-state index contributed by atoms with van der Waals surface area (Å²) in [7, 11) is 0. The van der Waals surface area contributed by atoms with Crippen LogP contribution in [0.4, 0.5) is 0 Å². The van der Waals surface area contributed by atoms with Crippen LogP contribution in [0.2, 0.25) is 0 Å². The molecule has 0 amide bonds. The zero-order valence-corrected chi connectivity index (χ0v) is 9.58. The fraction of sp³-hybridized carbons (Fsp3) is 0. The van der Waals surface area contributed by atoms with Crippen LogP contribution in [0.15, 0.2) is 65.4 Å². The van der Waals surface area contributed by atoms with E-state index in [-0.39, 0.29) is 0 Å². The Labute approximate surface area is 105 Å². The van der Waals surface area contributed by atoms with Crippen LogP contribution in [0.1, 0.15) is 5.56 Å². The largest absolute Gasteiger partial charge is 0.478 e. The first-order valence-corrected chi connectivity index (χ1v) is 5.43. The molecule has 0 spiro atoms. The average Bonchev–Trinajstić information content (AvgIpc) is 2.65. The van der Waals surface area contributed by atoms with E-state index in [9.17, 15) is 4.79 Å². The molecule has 1 aliphatic heterocycles. The van der Waals surface area contributed by atoms with E-state index in [1.807, 2.05) is 30.3 Å². The van der Waals surface area contributed by atoms with E-state index in [1.54, 1.807) is 18.4 Å². The number of carboxylic acid groups (broad SMARTS) is 1. The number of nitrogens with one attached hydrogen (secondary N) is 1. The summed E-state index contributed by atoms with van der Waals surface area (Å²) in [4.78, 5) is 14.9. The summed E-state index contributed by atoms with van der Waals surface area (Å²) in [6, 6.07) is 9.35. The smallest absolute Gasteiger partial charge is 0.329 e. The second-order valence-electron chi connectivity index (χ2n) is 3.61. The zero-order chi connectivity index (χ0) is 12.8. The topological polar surface area (TPSA) is 61.7 Å². The number of aliphatic imine (C=N–C) groups is 1. The van der Waals surface area contributed by atoms with Crippen molar-refractivity contribution in [3.8, 4) is 0 Å². The molecule has 1 aromatic rings. The van der Waals surface area contributed by atoms with Crippen molar-refractivity contribution >= 4 is 17.9 Å². The third-order valence-corrected chi connectivity index (χ3v) is 2.37. The number of benzene rings is 1. The molecule has 1 aromatic carbocycles. The molecule has 0 aliphatic carbocycles. The summed E-state index contributed by atoms with van der Waals surface area (Å²) >= 11 is 0. The highest BCUT2D eigenvalue weighted by Crippen LogP contribution is 2.21. The highest BCUT2D eigenvalue weighted by molar-refractivity contribution is 5.95. The van der Waals surface area contributed by atoms with Gasteiger partial charge in [-0.25, -0.2) is 9.79 Å². The van der Waals surface area contributed by atoms with E-state index < -0.39 is 5.97 Å². The minimum atomic E-state index is -0.985. The molecule has 0 saturated carbocycles. The number of carbonyl (C=O) groups is 1. The van der Waals surface area contributed by atoms with Crippen molar-refractivity contribution in [2.75, 3.05) is 0 Å². The Balaban J connectivity index is 2.44. The summed E-state index contributed by atoms with van der Waals surface area (Å²) in [5, 5.41) is 11.9. The van der Waals surface area contributed by atoms with Crippen LogP contribution in [0, 0.1) is 0 Å². The molecule has 0 saturated heterocycles. The molecule has 1 heterocycles. The maximum absolute atomic E-state index is 10.9. The molecular formula is C14H12N2O2. The van der Waals surface area contributed by atoms with Crippen LogP contribution in [0.25, 0.3) is 5.57 Å². The van der Waals surface area contributed by atoms with Gasteiger partial charge in [0.25, 0.3) is 0 Å². The van der Waals surface area contributed by atoms with Gasteiger partial charge in [-0.2, -0.15) is 0 Å². The van der Waals surface area contributed by atoms with Gasteiger partial charge in [0.2, 0.25) is 0 Å². The number of hydrogen-bond donors (Lipinski definition) is 2. The maximum atomic E-state index is 10.9. The second kappa shape index (κ2) is 5.63. The number of nitrogens with zero attached hydrogens (tertiary/aromatic N) is 1. The summed E-state index contributed by atoms with van der Waals surface area (Å²) in [5.41, 5.74) is 2.14. The van der Waals surface area contributed by atoms with Crippen molar-refractivity contribution in [2.24, 2.45) is 4.99 Å². The molecule has 4 heteroatoms. The lowest BCUT2D eigenvalue weighted by Crippen LogP contribution is -2.12. The van der Waals surface area contributed by atoms with Gasteiger partial charge in [0, 0.05) is 23.5 Å². The zero-order valence-electron chi connectivity index (χ0n) is 9.58. The van der Waals surface area contributed by atoms with Crippen molar-refractivity contribution in [3.05, 3.63) is 66.0 Å². The molecule has 18 heavy (non-hydrogen) atoms. The highest BCUT2D eigenvalue weighted by Gasteiger charge is 2.09. The molecule has 0 unspecified atom stereocenters. The third kappa shape index (κ3) is 2.95. The molecule has 2 N–H and O–H groups in total. The Kier molecular flexibility index (Phi) is 3.71. The van der Waals surface area contributed by atoms with Gasteiger partial charge in [-0.15, -0.1) is 0 Å². The van der Waals surface area contributed by atoms with Crippen molar-refractivity contribution in [1.82, 2.24) is 5.32 Å². The van der Waals surface area contributed by atoms with E-state index in [0.29, 0.717) is 11.3 Å². The van der Waals surface area contributed by atoms with Gasteiger partial charge in [-0.05, 0) is 17.7 Å². The molecular weight excluding hydrogens is 228 g/mol. The first kappa shape index (κ1) is 11.9. The maximum Gasteiger partial charge on any atom is 0.329 e. The molecule has 0 aromatic heterocycles. The van der Waals surface area contributed by atoms with Crippen LogP contribution in [-0.4, -0.2) is 17.4 Å². The summed E-state index contributed by atoms with van der Waals surface area (Å²) < 4.78 is 0. The summed E-state index contributed by atoms with van der Waals surface area (Å²) in [6.07, 6.45) is 7.87. The molecule has 0 radical (unpaired) electrons. The average molecular weight is 240 g/mol. The minimum absolute atomic E-state index is 0.612. The van der Waals surface area contributed by atoms with E-state index in [0.717, 1.165) is 5.56 Å². The van der Waals surface area contributed by atoms with Crippen LogP contribution in [0.5, 0.6) is 0 Å². The SMILES string of the molecule is O=C(O)C=C(C1=CC=CN=CN1)c1ccccc1. The fourth-order valence-corrected chi connectivity index (χ4v) is 1.61. The van der Waals surface area contributed by atoms with Crippen LogP contribution < -0.4 is 5.32 Å². The van der Waals surface area contributed by atoms with E-state index in [4.69, 9.17) is 5.11 Å². The molecule has 0 atom stereocenters. The highest BCUT2D eigenvalue weighted by atomic mass is 16.4. The number of allylic oxidation sites excluding steroid dienone is 3. The molecule has 0 fully saturated rings. The van der Waals surface area contributed by atoms with Crippen molar-refractivity contribution < 1.29 is 9.90 Å². The number of aliphatic carboxylic acids is 1. The number of hydrogen-bond acceptors (Lipinski definition) is 3. The normalized spacial score (nSPS) is 14.7.